The van der Waals surface area contributed by atoms with Crippen LogP contribution in [0.4, 0.5) is 0 Å². The summed E-state index contributed by atoms with van der Waals surface area (Å²) in [5.74, 6) is -1.99. The molecule has 0 rings (SSSR count). The predicted octanol–water partition coefficient (Wildman–Crippen LogP) is 22.5. The summed E-state index contributed by atoms with van der Waals surface area (Å²) in [5.41, 5.74) is 0. The Balaban J connectivity index is 4.03. The van der Waals surface area contributed by atoms with Crippen molar-refractivity contribution >= 4 is 17.9 Å². The van der Waals surface area contributed by atoms with Crippen LogP contribution in [0.2, 0.25) is 0 Å². The van der Waals surface area contributed by atoms with Crippen LogP contribution in [0, 0.1) is 0 Å². The molecule has 0 amide bonds. The van der Waals surface area contributed by atoms with Gasteiger partial charge in [0, 0.05) is 12.8 Å². The third-order valence-corrected chi connectivity index (χ3v) is 15.9. The normalized spacial score (nSPS) is 13.1. The Morgan fingerprint density at radius 2 is 0.671 bits per heavy atom. The van der Waals surface area contributed by atoms with Gasteiger partial charge in [-0.3, -0.25) is 9.59 Å². The maximum absolute atomic E-state index is 12.9. The minimum absolute atomic E-state index is 0.181. The Kier molecular flexibility index (Phi) is 64.1. The number of carbonyl (C=O) groups is 3. The molecule has 9 nitrogen and oxygen atoms in total. The molecule has 0 saturated heterocycles. The quantitative estimate of drug-likeness (QED) is 0.0211. The minimum atomic E-state index is -1.51. The van der Waals surface area contributed by atoms with Crippen molar-refractivity contribution in [3.05, 3.63) is 72.9 Å². The second-order valence-electron chi connectivity index (χ2n) is 25.5. The molecule has 0 aliphatic carbocycles. The molecule has 0 aromatic rings. The third-order valence-electron chi connectivity index (χ3n) is 15.9. The van der Waals surface area contributed by atoms with E-state index in [1.54, 1.807) is 0 Å². The van der Waals surface area contributed by atoms with Crippen molar-refractivity contribution in [1.82, 2.24) is 0 Å². The Morgan fingerprint density at radius 1 is 0.365 bits per heavy atom. The van der Waals surface area contributed by atoms with Crippen molar-refractivity contribution in [1.29, 1.82) is 0 Å². The van der Waals surface area contributed by atoms with Crippen LogP contribution in [-0.4, -0.2) is 87.4 Å². The molecule has 2 atom stereocenters. The van der Waals surface area contributed by atoms with Gasteiger partial charge in [0.25, 0.3) is 6.29 Å². The van der Waals surface area contributed by atoms with E-state index in [4.69, 9.17) is 18.9 Å². The molecule has 0 heterocycles. The standard InChI is InChI=1S/C76H137NO8/c1-6-8-10-12-14-16-18-20-22-24-26-28-30-32-33-34-35-36-37-38-39-40-41-43-44-46-48-50-52-54-56-58-60-62-64-66-73(78)83-70-72(71-84-76(75(80)81)82-69-68-77(3,4)5)85-74(79)67-65-63-61-59-57-55-53-51-49-47-45-42-31-29-27-25-23-21-19-17-15-13-11-9-7-2/h9,11,15,17-18,20-21,23-24,26-27,29,72,76H,6-8,10,12-14,16,19,22,25,28,30-71H2,1-5H3/p+1/b11-9-,17-15-,20-18-,23-21-,26-24-,29-27-. The van der Waals surface area contributed by atoms with Crippen molar-refractivity contribution in [3.63, 3.8) is 0 Å². The van der Waals surface area contributed by atoms with Gasteiger partial charge in [-0.25, -0.2) is 4.79 Å². The van der Waals surface area contributed by atoms with E-state index in [0.717, 1.165) is 70.6 Å². The first kappa shape index (κ1) is 81.7. The summed E-state index contributed by atoms with van der Waals surface area (Å²) in [7, 11) is 5.98. The second-order valence-corrected chi connectivity index (χ2v) is 25.5. The van der Waals surface area contributed by atoms with E-state index in [0.29, 0.717) is 17.4 Å². The molecule has 494 valence electrons. The average Bonchev–Trinajstić information content (AvgIpc) is 3.49. The van der Waals surface area contributed by atoms with Gasteiger partial charge in [-0.05, 0) is 83.5 Å². The maximum Gasteiger partial charge on any atom is 0.361 e. The van der Waals surface area contributed by atoms with Gasteiger partial charge in [-0.1, -0.05) is 311 Å². The average molecular weight is 1190 g/mol. The van der Waals surface area contributed by atoms with Gasteiger partial charge < -0.3 is 28.5 Å². The van der Waals surface area contributed by atoms with E-state index in [1.165, 1.54) is 238 Å². The number of esters is 2. The molecule has 1 N–H and O–H groups in total. The molecule has 0 radical (unpaired) electrons. The summed E-state index contributed by atoms with van der Waals surface area (Å²) in [6.45, 7) is 4.80. The number of rotatable bonds is 67. The number of likely N-dealkylation sites (N-methyl/N-ethyl adjacent to an activating group) is 1. The van der Waals surface area contributed by atoms with Gasteiger partial charge in [0.15, 0.2) is 6.10 Å². The molecule has 0 fully saturated rings. The molecular weight excluding hydrogens is 1050 g/mol. The van der Waals surface area contributed by atoms with Gasteiger partial charge in [-0.2, -0.15) is 0 Å². The van der Waals surface area contributed by atoms with E-state index in [9.17, 15) is 19.5 Å². The van der Waals surface area contributed by atoms with Crippen molar-refractivity contribution in [3.8, 4) is 0 Å². The highest BCUT2D eigenvalue weighted by Gasteiger charge is 2.25. The third kappa shape index (κ3) is 68.1. The number of nitrogens with zero attached hydrogens (tertiary/aromatic N) is 1. The van der Waals surface area contributed by atoms with Crippen molar-refractivity contribution in [2.24, 2.45) is 0 Å². The van der Waals surface area contributed by atoms with Crippen LogP contribution in [0.15, 0.2) is 72.9 Å². The summed E-state index contributed by atoms with van der Waals surface area (Å²) < 4.78 is 23.0. The zero-order valence-electron chi connectivity index (χ0n) is 56.5. The number of unbranched alkanes of at least 4 members (excludes halogenated alkanes) is 40. The summed E-state index contributed by atoms with van der Waals surface area (Å²) in [6, 6.07) is 0. The monoisotopic (exact) mass is 1190 g/mol. The maximum atomic E-state index is 12.9. The number of ether oxygens (including phenoxy) is 4. The molecule has 85 heavy (non-hydrogen) atoms. The Labute approximate surface area is 526 Å². The zero-order valence-corrected chi connectivity index (χ0v) is 56.5. The fourth-order valence-electron chi connectivity index (χ4n) is 10.5. The van der Waals surface area contributed by atoms with Crippen LogP contribution < -0.4 is 0 Å². The van der Waals surface area contributed by atoms with E-state index in [1.807, 2.05) is 21.1 Å². The molecule has 0 saturated carbocycles. The van der Waals surface area contributed by atoms with Gasteiger partial charge in [0.1, 0.15) is 13.2 Å². The number of aliphatic carboxylic acids is 1. The Hall–Kier alpha value is -3.27. The molecule has 0 spiro atoms. The first-order valence-corrected chi connectivity index (χ1v) is 36.1. The number of quaternary nitrogens is 1. The molecular formula is C76H138NO8+. The lowest BCUT2D eigenvalue weighted by atomic mass is 10.0. The van der Waals surface area contributed by atoms with Crippen molar-refractivity contribution in [2.75, 3.05) is 47.5 Å². The van der Waals surface area contributed by atoms with Crippen LogP contribution in [0.25, 0.3) is 0 Å². The van der Waals surface area contributed by atoms with Gasteiger partial charge in [0.2, 0.25) is 0 Å². The predicted molar refractivity (Wildman–Crippen MR) is 364 cm³/mol. The lowest BCUT2D eigenvalue weighted by Gasteiger charge is -2.25. The number of hydrogen-bond acceptors (Lipinski definition) is 7. The highest BCUT2D eigenvalue weighted by molar-refractivity contribution is 5.71. The Morgan fingerprint density at radius 3 is 1.00 bits per heavy atom. The highest BCUT2D eigenvalue weighted by Crippen LogP contribution is 2.18. The van der Waals surface area contributed by atoms with Crippen LogP contribution in [-0.2, 0) is 33.3 Å². The summed E-state index contributed by atoms with van der Waals surface area (Å²) in [4.78, 5) is 37.6. The lowest BCUT2D eigenvalue weighted by Crippen LogP contribution is -2.40. The van der Waals surface area contributed by atoms with E-state index >= 15 is 0 Å². The summed E-state index contributed by atoms with van der Waals surface area (Å²) >= 11 is 0. The number of carbonyl (C=O) groups excluding carboxylic acids is 2. The fourth-order valence-corrected chi connectivity index (χ4v) is 10.5. The molecule has 0 aromatic carbocycles. The van der Waals surface area contributed by atoms with E-state index in [-0.39, 0.29) is 32.2 Å². The Bertz CT molecular complexity index is 1620. The first-order valence-electron chi connectivity index (χ1n) is 36.1. The molecule has 9 heteroatoms. The lowest BCUT2D eigenvalue weighted by molar-refractivity contribution is -0.870. The number of carboxylic acids is 1. The zero-order chi connectivity index (χ0) is 61.9. The van der Waals surface area contributed by atoms with Crippen LogP contribution in [0.5, 0.6) is 0 Å². The highest BCUT2D eigenvalue weighted by atomic mass is 16.7. The second kappa shape index (κ2) is 66.7. The smallest absolute Gasteiger partial charge is 0.361 e. The molecule has 0 aromatic heterocycles. The SMILES string of the molecule is CC/C=C\C/C=C\C/C=C\C/C=C\CCCCCCCCCCCCCCC(=O)OC(COC(=O)CCCCCCCCCCCCCCCCCCCCCCCCC/C=C\C/C=C\CCCCCCC)COC(OCC[N+](C)(C)C)C(=O)O. The largest absolute Gasteiger partial charge is 0.477 e. The van der Waals surface area contributed by atoms with Gasteiger partial charge in [0.05, 0.1) is 34.4 Å². The minimum Gasteiger partial charge on any atom is -0.477 e. The number of carboxylic acid groups (broad SMARTS) is 1. The topological polar surface area (TPSA) is 108 Å². The molecule has 0 aliphatic heterocycles. The van der Waals surface area contributed by atoms with Crippen molar-refractivity contribution in [2.45, 2.75) is 347 Å². The van der Waals surface area contributed by atoms with Crippen LogP contribution in [0.3, 0.4) is 0 Å². The van der Waals surface area contributed by atoms with Crippen LogP contribution in [0.1, 0.15) is 335 Å². The molecule has 0 bridgehead atoms. The van der Waals surface area contributed by atoms with Gasteiger partial charge in [-0.15, -0.1) is 0 Å². The van der Waals surface area contributed by atoms with Gasteiger partial charge >= 0.3 is 17.9 Å². The number of hydrogen-bond donors (Lipinski definition) is 1. The summed E-state index contributed by atoms with van der Waals surface area (Å²) in [5, 5.41) is 9.75. The van der Waals surface area contributed by atoms with Crippen molar-refractivity contribution < 1.29 is 42.9 Å². The van der Waals surface area contributed by atoms with E-state index < -0.39 is 24.3 Å². The summed E-state index contributed by atoms with van der Waals surface area (Å²) in [6.07, 6.45) is 86.0. The molecule has 0 aliphatic rings. The fraction of sp³-hybridized carbons (Fsp3) is 0.803. The molecule has 2 unspecified atom stereocenters. The van der Waals surface area contributed by atoms with E-state index in [2.05, 4.69) is 86.8 Å². The number of allylic oxidation sites excluding steroid dienone is 12. The first-order chi connectivity index (χ1) is 41.6. The van der Waals surface area contributed by atoms with Crippen LogP contribution >= 0.6 is 0 Å².